The maximum Gasteiger partial charge on any atom is 0.254 e. The fourth-order valence-electron chi connectivity index (χ4n) is 2.48. The van der Waals surface area contributed by atoms with Crippen molar-refractivity contribution < 1.29 is 19.8 Å². The van der Waals surface area contributed by atoms with Crippen LogP contribution in [-0.4, -0.2) is 52.6 Å². The van der Waals surface area contributed by atoms with Crippen LogP contribution in [0, 0.1) is 0 Å². The summed E-state index contributed by atoms with van der Waals surface area (Å²) in [6.45, 7) is 1.38. The number of piperidine rings is 1. The first kappa shape index (κ1) is 15.1. The van der Waals surface area contributed by atoms with Gasteiger partial charge in [-0.05, 0) is 44.1 Å². The van der Waals surface area contributed by atoms with Gasteiger partial charge in [-0.2, -0.15) is 0 Å². The van der Waals surface area contributed by atoms with Gasteiger partial charge in [0.05, 0.1) is 6.54 Å². The van der Waals surface area contributed by atoms with E-state index in [-0.39, 0.29) is 35.6 Å². The molecular weight excluding hydrogens is 274 g/mol. The van der Waals surface area contributed by atoms with Gasteiger partial charge in [0, 0.05) is 11.6 Å². The number of phenolic OH excluding ortho intramolecular Hbond substituents is 2. The molecule has 7 heteroatoms. The molecule has 7 nitrogen and oxygen atoms in total. The number of amides is 2. The summed E-state index contributed by atoms with van der Waals surface area (Å²) < 4.78 is 0. The molecule has 0 spiro atoms. The molecule has 1 fully saturated rings. The predicted molar refractivity (Wildman–Crippen MR) is 75.9 cm³/mol. The minimum absolute atomic E-state index is 0.0674. The van der Waals surface area contributed by atoms with Crippen molar-refractivity contribution in [3.05, 3.63) is 23.8 Å². The van der Waals surface area contributed by atoms with Crippen LogP contribution in [0.2, 0.25) is 0 Å². The molecule has 0 aliphatic carbocycles. The summed E-state index contributed by atoms with van der Waals surface area (Å²) in [5.41, 5.74) is 5.45. The van der Waals surface area contributed by atoms with Crippen LogP contribution >= 0.6 is 0 Å². The molecule has 2 amide bonds. The third-order valence-corrected chi connectivity index (χ3v) is 3.56. The third-order valence-electron chi connectivity index (χ3n) is 3.56. The zero-order valence-electron chi connectivity index (χ0n) is 11.6. The van der Waals surface area contributed by atoms with Gasteiger partial charge in [-0.1, -0.05) is 0 Å². The van der Waals surface area contributed by atoms with E-state index >= 15 is 0 Å². The summed E-state index contributed by atoms with van der Waals surface area (Å²) in [6, 6.07) is 3.77. The molecule has 2 rings (SSSR count). The topological polar surface area (TPSA) is 116 Å². The van der Waals surface area contributed by atoms with Crippen molar-refractivity contribution in [3.8, 4) is 11.5 Å². The highest BCUT2D eigenvalue weighted by Gasteiger charge is 2.27. The fraction of sp³-hybridized carbons (Fsp3) is 0.429. The van der Waals surface area contributed by atoms with Gasteiger partial charge in [0.1, 0.15) is 0 Å². The average Bonchev–Trinajstić information content (AvgIpc) is 2.47. The monoisotopic (exact) mass is 293 g/mol. The number of rotatable bonds is 4. The van der Waals surface area contributed by atoms with Crippen molar-refractivity contribution in [2.45, 2.75) is 18.9 Å². The third kappa shape index (κ3) is 3.63. The quantitative estimate of drug-likeness (QED) is 0.573. The van der Waals surface area contributed by atoms with E-state index in [0.29, 0.717) is 0 Å². The average molecular weight is 293 g/mol. The van der Waals surface area contributed by atoms with Gasteiger partial charge in [0.25, 0.3) is 5.91 Å². The lowest BCUT2D eigenvalue weighted by Gasteiger charge is -2.34. The van der Waals surface area contributed by atoms with Crippen LogP contribution in [0.3, 0.4) is 0 Å². The van der Waals surface area contributed by atoms with Gasteiger partial charge in [-0.3, -0.25) is 9.59 Å². The summed E-state index contributed by atoms with van der Waals surface area (Å²) >= 11 is 0. The second-order valence-electron chi connectivity index (χ2n) is 5.08. The lowest BCUT2D eigenvalue weighted by atomic mass is 10.0. The number of carbonyl (C=O) groups is 2. The molecule has 21 heavy (non-hydrogen) atoms. The Hall–Kier alpha value is -2.28. The Bertz CT molecular complexity index is 541. The largest absolute Gasteiger partial charge is 0.504 e. The first-order valence-electron chi connectivity index (χ1n) is 6.81. The van der Waals surface area contributed by atoms with Gasteiger partial charge in [0.15, 0.2) is 11.5 Å². The van der Waals surface area contributed by atoms with E-state index < -0.39 is 5.91 Å². The molecule has 1 aromatic rings. The Morgan fingerprint density at radius 2 is 1.90 bits per heavy atom. The predicted octanol–water partition coefficient (Wildman–Crippen LogP) is -0.223. The van der Waals surface area contributed by atoms with Crippen LogP contribution in [0.5, 0.6) is 11.5 Å². The highest BCUT2D eigenvalue weighted by atomic mass is 16.3. The Morgan fingerprint density at radius 3 is 2.48 bits per heavy atom. The van der Waals surface area contributed by atoms with Gasteiger partial charge in [-0.15, -0.1) is 0 Å². The van der Waals surface area contributed by atoms with Crippen LogP contribution in [0.1, 0.15) is 23.2 Å². The second-order valence-corrected chi connectivity index (χ2v) is 5.08. The van der Waals surface area contributed by atoms with Gasteiger partial charge in [-0.25, -0.2) is 0 Å². The summed E-state index contributed by atoms with van der Waals surface area (Å²) in [4.78, 5) is 25.2. The minimum Gasteiger partial charge on any atom is -0.504 e. The van der Waals surface area contributed by atoms with Crippen molar-refractivity contribution in [2.75, 3.05) is 19.6 Å². The molecule has 114 valence electrons. The number of phenols is 2. The molecular formula is C14H19N3O4. The standard InChI is InChI=1S/C14H19N3O4/c15-13(20)8-17(10-3-5-16-6-4-10)14(21)9-1-2-11(18)12(19)7-9/h1-2,7,10,16,18-19H,3-6,8H2,(H2,15,20). The molecule has 0 atom stereocenters. The Morgan fingerprint density at radius 1 is 1.24 bits per heavy atom. The first-order valence-corrected chi connectivity index (χ1v) is 6.81. The highest BCUT2D eigenvalue weighted by molar-refractivity contribution is 5.97. The highest BCUT2D eigenvalue weighted by Crippen LogP contribution is 2.26. The molecule has 1 aliphatic rings. The van der Waals surface area contributed by atoms with Crippen LogP contribution in [0.25, 0.3) is 0 Å². The van der Waals surface area contributed by atoms with Crippen LogP contribution in [0.15, 0.2) is 18.2 Å². The molecule has 0 unspecified atom stereocenters. The van der Waals surface area contributed by atoms with Crippen LogP contribution in [0.4, 0.5) is 0 Å². The molecule has 1 aliphatic heterocycles. The molecule has 1 aromatic carbocycles. The van der Waals surface area contributed by atoms with Crippen molar-refractivity contribution in [2.24, 2.45) is 5.73 Å². The number of hydrogen-bond acceptors (Lipinski definition) is 5. The Kier molecular flexibility index (Phi) is 4.64. The molecule has 5 N–H and O–H groups in total. The Balaban J connectivity index is 2.23. The number of carbonyl (C=O) groups excluding carboxylic acids is 2. The minimum atomic E-state index is -0.579. The lowest BCUT2D eigenvalue weighted by molar-refractivity contribution is -0.119. The van der Waals surface area contributed by atoms with E-state index in [4.69, 9.17) is 5.73 Å². The molecule has 0 radical (unpaired) electrons. The summed E-state index contributed by atoms with van der Waals surface area (Å²) in [5.74, 6) is -1.62. The fourth-order valence-corrected chi connectivity index (χ4v) is 2.48. The van der Waals surface area contributed by atoms with Crippen LogP contribution in [-0.2, 0) is 4.79 Å². The van der Waals surface area contributed by atoms with Crippen molar-refractivity contribution >= 4 is 11.8 Å². The summed E-state index contributed by atoms with van der Waals surface area (Å²) in [7, 11) is 0. The number of primary amides is 1. The lowest BCUT2D eigenvalue weighted by Crippen LogP contribution is -2.49. The van der Waals surface area contributed by atoms with E-state index in [1.165, 1.54) is 23.1 Å². The SMILES string of the molecule is NC(=O)CN(C(=O)c1ccc(O)c(O)c1)C1CCNCC1. The maximum atomic E-state index is 12.5. The number of nitrogens with two attached hydrogens (primary N) is 1. The molecule has 0 aromatic heterocycles. The molecule has 0 saturated carbocycles. The van der Waals surface area contributed by atoms with E-state index in [1.807, 2.05) is 0 Å². The van der Waals surface area contributed by atoms with Crippen molar-refractivity contribution in [1.29, 1.82) is 0 Å². The zero-order valence-corrected chi connectivity index (χ0v) is 11.6. The number of benzene rings is 1. The van der Waals surface area contributed by atoms with Gasteiger partial charge < -0.3 is 26.2 Å². The Labute approximate surface area is 122 Å². The maximum absolute atomic E-state index is 12.5. The molecule has 0 bridgehead atoms. The van der Waals surface area contributed by atoms with Gasteiger partial charge >= 0.3 is 0 Å². The molecule has 1 heterocycles. The second kappa shape index (κ2) is 6.45. The van der Waals surface area contributed by atoms with E-state index in [1.54, 1.807) is 0 Å². The number of aromatic hydroxyl groups is 2. The van der Waals surface area contributed by atoms with Crippen molar-refractivity contribution in [3.63, 3.8) is 0 Å². The number of hydrogen-bond donors (Lipinski definition) is 4. The first-order chi connectivity index (χ1) is 9.99. The van der Waals surface area contributed by atoms with E-state index in [9.17, 15) is 19.8 Å². The van der Waals surface area contributed by atoms with E-state index in [0.717, 1.165) is 25.9 Å². The van der Waals surface area contributed by atoms with Crippen LogP contribution < -0.4 is 11.1 Å². The van der Waals surface area contributed by atoms with Crippen molar-refractivity contribution in [1.82, 2.24) is 10.2 Å². The smallest absolute Gasteiger partial charge is 0.254 e. The summed E-state index contributed by atoms with van der Waals surface area (Å²) in [5, 5.41) is 22.0. The van der Waals surface area contributed by atoms with E-state index in [2.05, 4.69) is 5.32 Å². The van der Waals surface area contributed by atoms with Gasteiger partial charge in [0.2, 0.25) is 5.91 Å². The molecule has 1 saturated heterocycles. The number of nitrogens with one attached hydrogen (secondary N) is 1. The number of nitrogens with zero attached hydrogens (tertiary/aromatic N) is 1. The summed E-state index contributed by atoms with van der Waals surface area (Å²) in [6.07, 6.45) is 1.48. The normalized spacial score (nSPS) is 15.6. The zero-order chi connectivity index (χ0) is 15.4.